The van der Waals surface area contributed by atoms with Gasteiger partial charge in [-0.1, -0.05) is 12.1 Å². The highest BCUT2D eigenvalue weighted by Gasteiger charge is 2.40. The highest BCUT2D eigenvalue weighted by atomic mass is 16.5. The van der Waals surface area contributed by atoms with E-state index in [1.165, 1.54) is 0 Å². The van der Waals surface area contributed by atoms with Crippen LogP contribution in [0.2, 0.25) is 0 Å². The maximum atomic E-state index is 6.44. The normalized spacial score (nSPS) is 16.0. The Hall–Kier alpha value is -3.67. The Morgan fingerprint density at radius 3 is 2.15 bits per heavy atom. The van der Waals surface area contributed by atoms with Crippen molar-refractivity contribution in [3.8, 4) is 5.75 Å². The molecule has 2 aromatic heterocycles. The highest BCUT2D eigenvalue weighted by Crippen LogP contribution is 2.47. The van der Waals surface area contributed by atoms with E-state index in [-0.39, 0.29) is 0 Å². The van der Waals surface area contributed by atoms with E-state index in [1.54, 1.807) is 18.6 Å². The van der Waals surface area contributed by atoms with Crippen LogP contribution in [0.3, 0.4) is 0 Å². The summed E-state index contributed by atoms with van der Waals surface area (Å²) in [6.07, 6.45) is 5.31. The van der Waals surface area contributed by atoms with Crippen molar-refractivity contribution in [2.45, 2.75) is 5.85 Å². The van der Waals surface area contributed by atoms with Gasteiger partial charge in [-0.15, -0.1) is 0 Å². The lowest BCUT2D eigenvalue weighted by atomic mass is 10.1. The van der Waals surface area contributed by atoms with Gasteiger partial charge in [-0.25, -0.2) is 4.99 Å². The molecule has 1 spiro atoms. The fourth-order valence-corrected chi connectivity index (χ4v) is 3.63. The fraction of sp³-hybridized carbons (Fsp3) is 0.0500. The molecule has 0 bridgehead atoms. The number of aliphatic imine (C=N–C) groups is 1. The lowest BCUT2D eigenvalue weighted by molar-refractivity contribution is 0.211. The molecule has 26 heavy (non-hydrogen) atoms. The first-order valence-corrected chi connectivity index (χ1v) is 8.38. The van der Waals surface area contributed by atoms with Crippen LogP contribution in [0.1, 0.15) is 0 Å². The standard InChI is InChI=1S/C20H13N5O/c1-2-8-15-14(7-1)24-20(25-15)11-23-18-12-5-3-9-21-16(12)17-13(19(18)26-20)6-4-10-22-17/h1-11,24-25H. The van der Waals surface area contributed by atoms with Crippen molar-refractivity contribution >= 4 is 45.1 Å². The van der Waals surface area contributed by atoms with E-state index in [1.807, 2.05) is 48.5 Å². The molecule has 0 unspecified atom stereocenters. The first-order valence-electron chi connectivity index (χ1n) is 8.38. The van der Waals surface area contributed by atoms with Crippen LogP contribution in [0.15, 0.2) is 65.9 Å². The SMILES string of the molecule is C1=Nc2c(c3cccnc3c3ncccc23)OC12Nc1ccccc1N2. The van der Waals surface area contributed by atoms with Crippen LogP contribution in [0.25, 0.3) is 21.8 Å². The van der Waals surface area contributed by atoms with Crippen molar-refractivity contribution in [2.24, 2.45) is 4.99 Å². The molecule has 0 amide bonds. The molecule has 2 aromatic carbocycles. The van der Waals surface area contributed by atoms with E-state index >= 15 is 0 Å². The molecule has 4 heterocycles. The lowest BCUT2D eigenvalue weighted by Gasteiger charge is -2.31. The number of nitrogens with one attached hydrogen (secondary N) is 2. The van der Waals surface area contributed by atoms with Crippen LogP contribution in [-0.2, 0) is 0 Å². The monoisotopic (exact) mass is 339 g/mol. The molecular formula is C20H13N5O. The van der Waals surface area contributed by atoms with Gasteiger partial charge in [-0.2, -0.15) is 0 Å². The van der Waals surface area contributed by atoms with Crippen LogP contribution in [-0.4, -0.2) is 22.0 Å². The number of aromatic nitrogens is 2. The van der Waals surface area contributed by atoms with Crippen LogP contribution >= 0.6 is 0 Å². The molecule has 6 rings (SSSR count). The van der Waals surface area contributed by atoms with Gasteiger partial charge in [0.15, 0.2) is 5.75 Å². The molecule has 0 saturated heterocycles. The Balaban J connectivity index is 1.61. The molecule has 0 fully saturated rings. The molecule has 0 atom stereocenters. The Labute approximate surface area is 148 Å². The van der Waals surface area contributed by atoms with E-state index in [0.29, 0.717) is 5.75 Å². The Kier molecular flexibility index (Phi) is 2.46. The number of hydrogen-bond donors (Lipinski definition) is 2. The summed E-state index contributed by atoms with van der Waals surface area (Å²) in [5.41, 5.74) is 4.37. The lowest BCUT2D eigenvalue weighted by Crippen LogP contribution is -2.50. The van der Waals surface area contributed by atoms with Crippen LogP contribution < -0.4 is 15.4 Å². The first kappa shape index (κ1) is 13.6. The number of para-hydroxylation sites is 2. The zero-order chi connectivity index (χ0) is 17.1. The van der Waals surface area contributed by atoms with E-state index in [4.69, 9.17) is 9.73 Å². The summed E-state index contributed by atoms with van der Waals surface area (Å²) in [6, 6.07) is 15.8. The molecule has 0 saturated carbocycles. The number of pyridine rings is 2. The van der Waals surface area contributed by atoms with Crippen molar-refractivity contribution in [2.75, 3.05) is 10.6 Å². The highest BCUT2D eigenvalue weighted by molar-refractivity contribution is 6.14. The third-order valence-corrected chi connectivity index (χ3v) is 4.76. The first-order chi connectivity index (χ1) is 12.8. The largest absolute Gasteiger partial charge is 0.442 e. The molecule has 6 nitrogen and oxygen atoms in total. The molecule has 2 N–H and O–H groups in total. The summed E-state index contributed by atoms with van der Waals surface area (Å²) < 4.78 is 6.44. The van der Waals surface area contributed by atoms with Crippen molar-refractivity contribution in [3.05, 3.63) is 60.9 Å². The van der Waals surface area contributed by atoms with Gasteiger partial charge in [-0.05, 0) is 36.4 Å². The van der Waals surface area contributed by atoms with E-state index in [2.05, 4.69) is 20.6 Å². The summed E-state index contributed by atoms with van der Waals surface area (Å²) in [4.78, 5) is 13.8. The summed E-state index contributed by atoms with van der Waals surface area (Å²) in [6.45, 7) is 0. The van der Waals surface area contributed by atoms with E-state index in [9.17, 15) is 0 Å². The third-order valence-electron chi connectivity index (χ3n) is 4.76. The minimum absolute atomic E-state index is 0.698. The number of benzene rings is 2. The van der Waals surface area contributed by atoms with Gasteiger partial charge in [0, 0.05) is 23.2 Å². The number of ether oxygens (including phenoxy) is 1. The van der Waals surface area contributed by atoms with Gasteiger partial charge in [-0.3, -0.25) is 9.97 Å². The van der Waals surface area contributed by atoms with Crippen molar-refractivity contribution in [1.82, 2.24) is 9.97 Å². The quantitative estimate of drug-likeness (QED) is 0.473. The van der Waals surface area contributed by atoms with Gasteiger partial charge in [0.1, 0.15) is 11.2 Å². The van der Waals surface area contributed by atoms with Crippen LogP contribution in [0.5, 0.6) is 5.75 Å². The maximum Gasteiger partial charge on any atom is 0.297 e. The molecule has 6 heteroatoms. The van der Waals surface area contributed by atoms with Gasteiger partial charge >= 0.3 is 0 Å². The second kappa shape index (κ2) is 4.70. The van der Waals surface area contributed by atoms with Crippen molar-refractivity contribution in [3.63, 3.8) is 0 Å². The van der Waals surface area contributed by atoms with E-state index in [0.717, 1.165) is 38.9 Å². The number of fused-ring (bicyclic) bond motifs is 7. The Bertz CT molecular complexity index is 1210. The second-order valence-corrected chi connectivity index (χ2v) is 6.37. The van der Waals surface area contributed by atoms with Crippen LogP contribution in [0.4, 0.5) is 17.1 Å². The minimum Gasteiger partial charge on any atom is -0.442 e. The Morgan fingerprint density at radius 2 is 1.42 bits per heavy atom. The third kappa shape index (κ3) is 1.73. The molecule has 0 radical (unpaired) electrons. The molecular weight excluding hydrogens is 326 g/mol. The average molecular weight is 339 g/mol. The minimum atomic E-state index is -0.907. The topological polar surface area (TPSA) is 71.4 Å². The molecule has 2 aliphatic rings. The molecule has 124 valence electrons. The van der Waals surface area contributed by atoms with Gasteiger partial charge < -0.3 is 15.4 Å². The van der Waals surface area contributed by atoms with E-state index < -0.39 is 5.85 Å². The van der Waals surface area contributed by atoms with Crippen molar-refractivity contribution in [1.29, 1.82) is 0 Å². The predicted octanol–water partition coefficient (Wildman–Crippen LogP) is 4.07. The number of hydrogen-bond acceptors (Lipinski definition) is 6. The smallest absolute Gasteiger partial charge is 0.297 e. The zero-order valence-corrected chi connectivity index (χ0v) is 13.6. The summed E-state index contributed by atoms with van der Waals surface area (Å²) in [5, 5.41) is 8.59. The summed E-state index contributed by atoms with van der Waals surface area (Å²) in [5.74, 6) is -0.209. The van der Waals surface area contributed by atoms with Crippen molar-refractivity contribution < 1.29 is 4.74 Å². The maximum absolute atomic E-state index is 6.44. The van der Waals surface area contributed by atoms with Gasteiger partial charge in [0.25, 0.3) is 5.85 Å². The molecule has 0 aliphatic carbocycles. The fourth-order valence-electron chi connectivity index (χ4n) is 3.63. The second-order valence-electron chi connectivity index (χ2n) is 6.37. The van der Waals surface area contributed by atoms with Gasteiger partial charge in [0.05, 0.1) is 23.1 Å². The molecule has 4 aromatic rings. The number of rotatable bonds is 0. The zero-order valence-electron chi connectivity index (χ0n) is 13.6. The van der Waals surface area contributed by atoms with Gasteiger partial charge in [0.2, 0.25) is 0 Å². The Morgan fingerprint density at radius 1 is 0.769 bits per heavy atom. The van der Waals surface area contributed by atoms with Crippen LogP contribution in [0, 0.1) is 0 Å². The summed E-state index contributed by atoms with van der Waals surface area (Å²) in [7, 11) is 0. The predicted molar refractivity (Wildman–Crippen MR) is 102 cm³/mol. The number of nitrogens with zero attached hydrogens (tertiary/aromatic N) is 3. The average Bonchev–Trinajstić information content (AvgIpc) is 3.05. The number of anilines is 2. The molecule has 2 aliphatic heterocycles. The summed E-state index contributed by atoms with van der Waals surface area (Å²) >= 11 is 0.